The average Bonchev–Trinajstić information content (AvgIpc) is 3.36. The molecule has 2 aromatic heterocycles. The van der Waals surface area contributed by atoms with E-state index in [1.165, 1.54) is 11.8 Å². The molecular formula is C23H15N5OS. The van der Waals surface area contributed by atoms with Gasteiger partial charge in [-0.15, -0.1) is 10.2 Å². The predicted molar refractivity (Wildman–Crippen MR) is 119 cm³/mol. The second kappa shape index (κ2) is 6.67. The third-order valence-electron chi connectivity index (χ3n) is 5.25. The second-order valence-corrected chi connectivity index (χ2v) is 8.06. The molecule has 7 heteroatoms. The molecule has 1 aliphatic rings. The van der Waals surface area contributed by atoms with Crippen molar-refractivity contribution in [3.63, 3.8) is 0 Å². The van der Waals surface area contributed by atoms with Gasteiger partial charge in [-0.3, -0.25) is 4.79 Å². The van der Waals surface area contributed by atoms with Crippen LogP contribution in [-0.2, 0) is 4.79 Å². The molecule has 0 aliphatic heterocycles. The SMILES string of the molecule is O=C(CSc1nnc2c(n1)-c1cccc3cccc-2c13)Nc1ccc2cc[nH]c2c1. The minimum atomic E-state index is -0.111. The van der Waals surface area contributed by atoms with E-state index in [1.807, 2.05) is 42.6 Å². The van der Waals surface area contributed by atoms with Gasteiger partial charge in [0.05, 0.1) is 5.75 Å². The Kier molecular flexibility index (Phi) is 3.82. The number of carbonyl (C=O) groups excluding carboxylic acids is 1. The molecule has 3 aromatic carbocycles. The largest absolute Gasteiger partial charge is 0.361 e. The molecule has 2 heterocycles. The lowest BCUT2D eigenvalue weighted by molar-refractivity contribution is -0.113. The number of hydrogen-bond acceptors (Lipinski definition) is 5. The van der Waals surface area contributed by atoms with E-state index < -0.39 is 0 Å². The number of aromatic amines is 1. The highest BCUT2D eigenvalue weighted by molar-refractivity contribution is 7.99. The van der Waals surface area contributed by atoms with Crippen molar-refractivity contribution in [1.82, 2.24) is 20.2 Å². The van der Waals surface area contributed by atoms with Crippen LogP contribution in [0.4, 0.5) is 5.69 Å². The van der Waals surface area contributed by atoms with Gasteiger partial charge in [-0.2, -0.15) is 0 Å². The van der Waals surface area contributed by atoms with Gasteiger partial charge in [0, 0.05) is 33.9 Å². The molecule has 144 valence electrons. The quantitative estimate of drug-likeness (QED) is 0.405. The summed E-state index contributed by atoms with van der Waals surface area (Å²) < 4.78 is 0. The number of aromatic nitrogens is 4. The fourth-order valence-electron chi connectivity index (χ4n) is 3.93. The summed E-state index contributed by atoms with van der Waals surface area (Å²) in [5.74, 6) is 0.0980. The van der Waals surface area contributed by atoms with E-state index in [-0.39, 0.29) is 11.7 Å². The molecular weight excluding hydrogens is 394 g/mol. The Hall–Kier alpha value is -3.71. The summed E-state index contributed by atoms with van der Waals surface area (Å²) in [4.78, 5) is 20.3. The van der Waals surface area contributed by atoms with Crippen LogP contribution in [-0.4, -0.2) is 31.8 Å². The van der Waals surface area contributed by atoms with Gasteiger partial charge in [0.2, 0.25) is 11.1 Å². The maximum atomic E-state index is 12.4. The monoisotopic (exact) mass is 409 g/mol. The number of nitrogens with one attached hydrogen (secondary N) is 2. The number of amides is 1. The van der Waals surface area contributed by atoms with Crippen LogP contribution in [0.25, 0.3) is 44.2 Å². The summed E-state index contributed by atoms with van der Waals surface area (Å²) in [6, 6.07) is 20.1. The van der Waals surface area contributed by atoms with E-state index in [0.29, 0.717) is 5.16 Å². The van der Waals surface area contributed by atoms with E-state index in [4.69, 9.17) is 4.98 Å². The van der Waals surface area contributed by atoms with Crippen LogP contribution in [0.3, 0.4) is 0 Å². The maximum Gasteiger partial charge on any atom is 0.234 e. The molecule has 30 heavy (non-hydrogen) atoms. The summed E-state index contributed by atoms with van der Waals surface area (Å²) in [5, 5.41) is 15.5. The number of H-pyrrole nitrogens is 1. The molecule has 1 amide bonds. The van der Waals surface area contributed by atoms with E-state index in [0.717, 1.165) is 49.9 Å². The Morgan fingerprint density at radius 2 is 1.77 bits per heavy atom. The number of nitrogens with zero attached hydrogens (tertiary/aromatic N) is 3. The Morgan fingerprint density at radius 3 is 2.63 bits per heavy atom. The molecule has 0 saturated carbocycles. The Balaban J connectivity index is 1.21. The minimum Gasteiger partial charge on any atom is -0.361 e. The third-order valence-corrected chi connectivity index (χ3v) is 6.09. The Bertz CT molecular complexity index is 1450. The van der Waals surface area contributed by atoms with Gasteiger partial charge in [0.15, 0.2) is 0 Å². The molecule has 0 unspecified atom stereocenters. The lowest BCUT2D eigenvalue weighted by Crippen LogP contribution is -2.14. The topological polar surface area (TPSA) is 83.6 Å². The van der Waals surface area contributed by atoms with Gasteiger partial charge < -0.3 is 10.3 Å². The predicted octanol–water partition coefficient (Wildman–Crippen LogP) is 4.88. The first-order valence-corrected chi connectivity index (χ1v) is 10.5. The zero-order valence-corrected chi connectivity index (χ0v) is 16.5. The van der Waals surface area contributed by atoms with Crippen molar-refractivity contribution in [3.05, 3.63) is 66.9 Å². The summed E-state index contributed by atoms with van der Waals surface area (Å²) in [7, 11) is 0. The van der Waals surface area contributed by atoms with Crippen LogP contribution in [0.15, 0.2) is 72.0 Å². The van der Waals surface area contributed by atoms with Crippen LogP contribution in [0.2, 0.25) is 0 Å². The fourth-order valence-corrected chi connectivity index (χ4v) is 4.52. The Morgan fingerprint density at radius 1 is 0.933 bits per heavy atom. The molecule has 0 radical (unpaired) electrons. The molecule has 0 fully saturated rings. The summed E-state index contributed by atoms with van der Waals surface area (Å²) in [6.45, 7) is 0. The van der Waals surface area contributed by atoms with Crippen molar-refractivity contribution in [2.75, 3.05) is 11.1 Å². The van der Waals surface area contributed by atoms with Gasteiger partial charge in [0.25, 0.3) is 0 Å². The third kappa shape index (κ3) is 2.74. The molecule has 0 saturated heterocycles. The number of benzene rings is 3. The summed E-state index contributed by atoms with van der Waals surface area (Å²) in [6.07, 6.45) is 1.88. The molecule has 6 rings (SSSR count). The maximum absolute atomic E-state index is 12.4. The summed E-state index contributed by atoms with van der Waals surface area (Å²) >= 11 is 1.28. The first-order chi connectivity index (χ1) is 14.8. The zero-order valence-electron chi connectivity index (χ0n) is 15.7. The average molecular weight is 409 g/mol. The molecule has 0 bridgehead atoms. The molecule has 1 aliphatic carbocycles. The first kappa shape index (κ1) is 17.2. The first-order valence-electron chi connectivity index (χ1n) is 9.53. The molecule has 0 spiro atoms. The number of thioether (sulfide) groups is 1. The van der Waals surface area contributed by atoms with Crippen LogP contribution >= 0.6 is 11.8 Å². The van der Waals surface area contributed by atoms with Gasteiger partial charge in [0.1, 0.15) is 11.4 Å². The number of carbonyl (C=O) groups is 1. The van der Waals surface area contributed by atoms with Crippen molar-refractivity contribution >= 4 is 45.0 Å². The van der Waals surface area contributed by atoms with Crippen molar-refractivity contribution in [2.45, 2.75) is 5.16 Å². The van der Waals surface area contributed by atoms with Crippen molar-refractivity contribution < 1.29 is 4.79 Å². The molecule has 0 atom stereocenters. The fraction of sp³-hybridized carbons (Fsp3) is 0.0435. The molecule has 6 nitrogen and oxygen atoms in total. The van der Waals surface area contributed by atoms with Gasteiger partial charge >= 0.3 is 0 Å². The summed E-state index contributed by atoms with van der Waals surface area (Å²) in [5.41, 5.74) is 5.50. The zero-order chi connectivity index (χ0) is 20.1. The van der Waals surface area contributed by atoms with Crippen molar-refractivity contribution in [3.8, 4) is 22.5 Å². The number of fused-ring (bicyclic) bond motifs is 4. The lowest BCUT2D eigenvalue weighted by Gasteiger charge is -2.06. The van der Waals surface area contributed by atoms with Gasteiger partial charge in [-0.25, -0.2) is 4.98 Å². The van der Waals surface area contributed by atoms with E-state index in [1.54, 1.807) is 0 Å². The normalized spacial score (nSPS) is 11.7. The minimum absolute atomic E-state index is 0.111. The van der Waals surface area contributed by atoms with E-state index in [9.17, 15) is 4.79 Å². The highest BCUT2D eigenvalue weighted by Crippen LogP contribution is 2.44. The highest BCUT2D eigenvalue weighted by atomic mass is 32.2. The van der Waals surface area contributed by atoms with Crippen LogP contribution in [0, 0.1) is 0 Å². The molecule has 5 aromatic rings. The number of anilines is 1. The second-order valence-electron chi connectivity index (χ2n) is 7.12. The van der Waals surface area contributed by atoms with Gasteiger partial charge in [-0.05, 0) is 29.0 Å². The molecule has 2 N–H and O–H groups in total. The number of rotatable bonds is 4. The van der Waals surface area contributed by atoms with E-state index in [2.05, 4.69) is 44.8 Å². The van der Waals surface area contributed by atoms with Crippen LogP contribution in [0.5, 0.6) is 0 Å². The van der Waals surface area contributed by atoms with E-state index >= 15 is 0 Å². The smallest absolute Gasteiger partial charge is 0.234 e. The van der Waals surface area contributed by atoms with Gasteiger partial charge in [-0.1, -0.05) is 54.2 Å². The Labute approximate surface area is 175 Å². The lowest BCUT2D eigenvalue weighted by atomic mass is 10.0. The van der Waals surface area contributed by atoms with Crippen LogP contribution < -0.4 is 5.32 Å². The van der Waals surface area contributed by atoms with Crippen LogP contribution in [0.1, 0.15) is 0 Å². The van der Waals surface area contributed by atoms with Crippen molar-refractivity contribution in [1.29, 1.82) is 0 Å². The standard InChI is InChI=1S/C23H15N5OS/c29-19(25-15-8-7-13-9-10-24-18(13)11-15)12-30-23-26-21-16-5-1-3-14-4-2-6-17(20(14)16)22(21)27-28-23/h1-11,24H,12H2,(H,25,29). The van der Waals surface area contributed by atoms with Crippen molar-refractivity contribution in [2.24, 2.45) is 0 Å². The highest BCUT2D eigenvalue weighted by Gasteiger charge is 2.25. The number of hydrogen-bond donors (Lipinski definition) is 2.